The maximum atomic E-state index is 14.6. The van der Waals surface area contributed by atoms with E-state index in [9.17, 15) is 14.5 Å². The normalized spacial score (nSPS) is 21.8. The Morgan fingerprint density at radius 3 is 2.87 bits per heavy atom. The number of hydrogen-bond donors (Lipinski definition) is 3. The summed E-state index contributed by atoms with van der Waals surface area (Å²) in [4.78, 5) is 10.5. The molecule has 0 aliphatic carbocycles. The average molecular weight is 451 g/mol. The van der Waals surface area contributed by atoms with E-state index in [1.165, 1.54) is 22.9 Å². The highest BCUT2D eigenvalue weighted by atomic mass is 35.5. The molecule has 0 amide bonds. The second kappa shape index (κ2) is 7.46. The molecule has 1 aliphatic heterocycles. The lowest BCUT2D eigenvalue weighted by Gasteiger charge is -2.34. The van der Waals surface area contributed by atoms with Crippen LogP contribution in [0.1, 0.15) is 11.3 Å². The van der Waals surface area contributed by atoms with Crippen LogP contribution in [0.2, 0.25) is 5.02 Å². The van der Waals surface area contributed by atoms with E-state index < -0.39 is 20.8 Å². The number of hydrogen-bond acceptors (Lipinski definition) is 7. The highest BCUT2D eigenvalue weighted by molar-refractivity contribution is 8.47. The number of benzene rings is 1. The number of aromatic nitrogens is 4. The number of halogens is 2. The predicted molar refractivity (Wildman–Crippen MR) is 112 cm³/mol. The summed E-state index contributed by atoms with van der Waals surface area (Å²) in [5.41, 5.74) is 10.0. The predicted octanol–water partition coefficient (Wildman–Crippen LogP) is 3.27. The largest absolute Gasteiger partial charge is 0.390 e. The van der Waals surface area contributed by atoms with Crippen molar-refractivity contribution in [3.63, 3.8) is 0 Å². The average Bonchev–Trinajstić information content (AvgIpc) is 3.41. The minimum Gasteiger partial charge on any atom is -0.377 e. The zero-order chi connectivity index (χ0) is 21.5. The van der Waals surface area contributed by atoms with Crippen LogP contribution in [0.4, 0.5) is 10.2 Å². The van der Waals surface area contributed by atoms with Crippen LogP contribution >= 0.6 is 21.6 Å². The van der Waals surface area contributed by atoms with Crippen molar-refractivity contribution in [3.05, 3.63) is 73.8 Å². The molecule has 1 aliphatic rings. The van der Waals surface area contributed by atoms with Gasteiger partial charge in [0.15, 0.2) is 5.17 Å². The molecule has 0 fully saturated rings. The van der Waals surface area contributed by atoms with Gasteiger partial charge in [-0.15, -0.1) is 4.68 Å². The van der Waals surface area contributed by atoms with Crippen LogP contribution < -0.4 is 11.2 Å². The molecule has 10 nitrogen and oxygen atoms in total. The van der Waals surface area contributed by atoms with Gasteiger partial charge in [-0.25, -0.2) is 4.39 Å². The Kier molecular flexibility index (Phi) is 4.95. The first-order valence-electron chi connectivity index (χ1n) is 8.58. The van der Waals surface area contributed by atoms with Gasteiger partial charge in [0.05, 0.1) is 28.1 Å². The fraction of sp³-hybridized carbons (Fsp3) is 0.118. The smallest absolute Gasteiger partial charge is 0.377 e. The molecule has 4 rings (SSSR count). The van der Waals surface area contributed by atoms with Gasteiger partial charge in [-0.1, -0.05) is 27.7 Å². The van der Waals surface area contributed by atoms with Gasteiger partial charge in [-0.05, 0) is 30.0 Å². The van der Waals surface area contributed by atoms with Crippen LogP contribution in [0.15, 0.2) is 51.7 Å². The Hall–Kier alpha value is -3.38. The van der Waals surface area contributed by atoms with E-state index in [0.29, 0.717) is 15.7 Å². The van der Waals surface area contributed by atoms with Gasteiger partial charge in [0.1, 0.15) is 10.8 Å². The third-order valence-corrected chi connectivity index (χ3v) is 8.42. The summed E-state index contributed by atoms with van der Waals surface area (Å²) in [5.74, 6) is -0.661. The van der Waals surface area contributed by atoms with E-state index in [0.717, 1.165) is 0 Å². The summed E-state index contributed by atoms with van der Waals surface area (Å²) < 4.78 is 16.0. The molecule has 156 valence electrons. The van der Waals surface area contributed by atoms with Crippen LogP contribution in [0.3, 0.4) is 0 Å². The molecular weight excluding hydrogens is 435 g/mol. The maximum Gasteiger partial charge on any atom is 0.390 e. The van der Waals surface area contributed by atoms with Crippen molar-refractivity contribution in [1.29, 1.82) is 0 Å². The first kappa shape index (κ1) is 19.9. The quantitative estimate of drug-likeness (QED) is 0.402. The first-order chi connectivity index (χ1) is 14.3. The molecule has 1 unspecified atom stereocenters. The van der Waals surface area contributed by atoms with E-state index in [-0.39, 0.29) is 27.3 Å². The summed E-state index contributed by atoms with van der Waals surface area (Å²) in [6, 6.07) is 7.51. The Morgan fingerprint density at radius 2 is 2.23 bits per heavy atom. The Labute approximate surface area is 176 Å². The number of H-pyrrole nitrogens is 1. The van der Waals surface area contributed by atoms with Crippen molar-refractivity contribution in [1.82, 2.24) is 25.4 Å². The number of amidine groups is 1. The van der Waals surface area contributed by atoms with Crippen molar-refractivity contribution in [2.45, 2.75) is 17.7 Å². The highest BCUT2D eigenvalue weighted by Gasteiger charge is 2.42. The van der Waals surface area contributed by atoms with Gasteiger partial charge in [0.2, 0.25) is 0 Å². The number of aromatic amines is 1. The van der Waals surface area contributed by atoms with Crippen LogP contribution in [-0.4, -0.2) is 30.1 Å². The Bertz CT molecular complexity index is 1170. The number of nitrogens with zero attached hydrogens (tertiary/aromatic N) is 5. The van der Waals surface area contributed by atoms with Crippen LogP contribution in [0.25, 0.3) is 6.20 Å². The molecule has 1 aromatic carbocycles. The van der Waals surface area contributed by atoms with Gasteiger partial charge in [0.25, 0.3) is 0 Å². The number of nitrogens with two attached hydrogens (primary N) is 1. The van der Waals surface area contributed by atoms with Crippen molar-refractivity contribution >= 4 is 38.8 Å². The van der Waals surface area contributed by atoms with Crippen LogP contribution in [0, 0.1) is 22.9 Å². The van der Waals surface area contributed by atoms with Crippen LogP contribution in [-0.2, 0) is 5.75 Å². The summed E-state index contributed by atoms with van der Waals surface area (Å²) in [7, 11) is -2.34. The molecular formula is C17H16ClFN8O2S. The summed E-state index contributed by atoms with van der Waals surface area (Å²) >= 11 is 6.28. The Balaban J connectivity index is 1.89. The number of hydrazone groups is 1. The van der Waals surface area contributed by atoms with Crippen molar-refractivity contribution in [2.75, 3.05) is 0 Å². The third kappa shape index (κ3) is 3.19. The van der Waals surface area contributed by atoms with E-state index >= 15 is 0 Å². The number of aryl methyl sites for hydroxylation is 1. The second-order valence-corrected chi connectivity index (χ2v) is 9.88. The van der Waals surface area contributed by atoms with Gasteiger partial charge in [-0.2, -0.15) is 10.2 Å². The lowest BCUT2D eigenvalue weighted by Crippen LogP contribution is -2.23. The molecule has 4 N–H and O–H groups in total. The number of nitro groups is 1. The van der Waals surface area contributed by atoms with Crippen molar-refractivity contribution in [3.8, 4) is 0 Å². The van der Waals surface area contributed by atoms with E-state index in [1.54, 1.807) is 31.5 Å². The molecule has 0 radical (unpaired) electrons. The molecule has 0 spiro atoms. The van der Waals surface area contributed by atoms with Gasteiger partial charge < -0.3 is 15.8 Å². The molecule has 0 bridgehead atoms. The van der Waals surface area contributed by atoms with Crippen LogP contribution in [0.5, 0.6) is 0 Å². The minimum absolute atomic E-state index is 0.108. The standard InChI is InChI=1S/C17H16ClFN8O2S/c1-10-7-14(27(28)29)25-26(10)8-16-23-24-17(20)30(16,15-5-6-21-22-15)9-11-12(18)3-2-4-13(11)19/h2-8,23H,9H2,1H3,(H2,20,24)(H,21,22). The third-order valence-electron chi connectivity index (χ3n) is 4.62. The second-order valence-electron chi connectivity index (χ2n) is 6.41. The molecule has 2 aromatic heterocycles. The maximum absolute atomic E-state index is 14.6. The molecule has 0 saturated heterocycles. The summed E-state index contributed by atoms with van der Waals surface area (Å²) in [6.45, 7) is 1.68. The van der Waals surface area contributed by atoms with E-state index in [2.05, 4.69) is 25.8 Å². The van der Waals surface area contributed by atoms with E-state index in [1.807, 2.05) is 0 Å². The molecule has 3 heterocycles. The highest BCUT2D eigenvalue weighted by Crippen LogP contribution is 2.65. The minimum atomic E-state index is -2.34. The monoisotopic (exact) mass is 450 g/mol. The zero-order valence-corrected chi connectivity index (χ0v) is 17.1. The van der Waals surface area contributed by atoms with E-state index in [4.69, 9.17) is 17.3 Å². The lowest BCUT2D eigenvalue weighted by atomic mass is 10.2. The molecule has 13 heteroatoms. The fourth-order valence-electron chi connectivity index (χ4n) is 3.08. The fourth-order valence-corrected chi connectivity index (χ4v) is 6.45. The zero-order valence-electron chi connectivity index (χ0n) is 15.5. The summed E-state index contributed by atoms with van der Waals surface area (Å²) in [5, 5.41) is 27.8. The van der Waals surface area contributed by atoms with Gasteiger partial charge >= 0.3 is 5.82 Å². The van der Waals surface area contributed by atoms with Crippen molar-refractivity contribution < 1.29 is 9.31 Å². The number of rotatable bonds is 5. The topological polar surface area (TPSA) is 140 Å². The summed E-state index contributed by atoms with van der Waals surface area (Å²) in [6.07, 6.45) is 3.12. The number of nitrogens with one attached hydrogen (secondary N) is 2. The molecule has 1 atom stereocenters. The van der Waals surface area contributed by atoms with Gasteiger partial charge in [-0.3, -0.25) is 10.5 Å². The lowest BCUT2D eigenvalue weighted by molar-refractivity contribution is -0.389. The molecule has 0 saturated carbocycles. The molecule has 3 aromatic rings. The Morgan fingerprint density at radius 1 is 1.43 bits per heavy atom. The first-order valence-corrected chi connectivity index (χ1v) is 10.8. The van der Waals surface area contributed by atoms with Gasteiger partial charge in [0, 0.05) is 22.5 Å². The molecule has 30 heavy (non-hydrogen) atoms. The SMILES string of the molecule is Cc1cc([N+](=O)[O-])nn1C=C1NN=C(N)S1(Cc1c(F)cccc1Cl)c1ccn[nH]1. The van der Waals surface area contributed by atoms with Crippen molar-refractivity contribution in [2.24, 2.45) is 10.8 Å².